The molecular formula is C8H14N4O2. The molecule has 0 spiro atoms. The molecule has 4 N–H and O–H groups in total. The summed E-state index contributed by atoms with van der Waals surface area (Å²) in [4.78, 5) is 22.8. The minimum Gasteiger partial charge on any atom is -0.328 e. The van der Waals surface area contributed by atoms with Crippen LogP contribution in [0.2, 0.25) is 0 Å². The number of nitrogens with two attached hydrogens (primary N) is 1. The highest BCUT2D eigenvalue weighted by molar-refractivity contribution is 4.98. The minimum atomic E-state index is -0.537. The highest BCUT2D eigenvalue weighted by Gasteiger charge is 2.44. The van der Waals surface area contributed by atoms with Gasteiger partial charge in [-0.3, -0.25) is 0 Å². The van der Waals surface area contributed by atoms with E-state index in [-0.39, 0.29) is 0 Å². The summed E-state index contributed by atoms with van der Waals surface area (Å²) in [6.45, 7) is 2.16. The zero-order valence-corrected chi connectivity index (χ0v) is 8.04. The lowest BCUT2D eigenvalue weighted by Crippen LogP contribution is -2.50. The molecule has 0 amide bonds. The number of H-pyrrole nitrogens is 2. The van der Waals surface area contributed by atoms with Crippen LogP contribution in [0.4, 0.5) is 0 Å². The normalized spacial score (nSPS) is 20.7. The predicted molar refractivity (Wildman–Crippen MR) is 51.1 cm³/mol. The van der Waals surface area contributed by atoms with Crippen LogP contribution in [-0.2, 0) is 5.54 Å². The van der Waals surface area contributed by atoms with Crippen LogP contribution in [0.5, 0.6) is 0 Å². The van der Waals surface area contributed by atoms with Gasteiger partial charge in [-0.15, -0.1) is 0 Å². The molecule has 0 radical (unpaired) electrons. The maximum Gasteiger partial charge on any atom is 0.344 e. The van der Waals surface area contributed by atoms with E-state index in [4.69, 9.17) is 5.73 Å². The molecule has 0 saturated heterocycles. The van der Waals surface area contributed by atoms with Crippen molar-refractivity contribution in [3.05, 3.63) is 21.0 Å². The Labute approximate surface area is 80.1 Å². The van der Waals surface area contributed by atoms with Gasteiger partial charge in [0.2, 0.25) is 0 Å². The van der Waals surface area contributed by atoms with E-state index in [9.17, 15) is 9.59 Å². The van der Waals surface area contributed by atoms with Gasteiger partial charge in [0.1, 0.15) is 0 Å². The number of hydrogen-bond donors (Lipinski definition) is 3. The fourth-order valence-corrected chi connectivity index (χ4v) is 1.92. The molecule has 14 heavy (non-hydrogen) atoms. The Morgan fingerprint density at radius 2 is 1.93 bits per heavy atom. The maximum absolute atomic E-state index is 11.4. The zero-order chi connectivity index (χ0) is 10.3. The standard InChI is InChI=1S/C8H14N4O2/c1-8(4-9,5-2-3-5)12-6(13)10-11-7(12)14/h5H,2-4,9H2,1H3,(H,10,13)(H,11,14). The molecule has 6 heteroatoms. The van der Waals surface area contributed by atoms with Crippen LogP contribution in [0, 0.1) is 5.92 Å². The van der Waals surface area contributed by atoms with E-state index in [1.807, 2.05) is 6.92 Å². The molecule has 1 atom stereocenters. The van der Waals surface area contributed by atoms with Crippen LogP contribution in [0.15, 0.2) is 9.59 Å². The van der Waals surface area contributed by atoms with Crippen molar-refractivity contribution in [3.8, 4) is 0 Å². The molecule has 0 bridgehead atoms. The number of aromatic nitrogens is 3. The van der Waals surface area contributed by atoms with Gasteiger partial charge in [-0.1, -0.05) is 0 Å². The summed E-state index contributed by atoms with van der Waals surface area (Å²) in [5.41, 5.74) is 4.30. The fraction of sp³-hybridized carbons (Fsp3) is 0.750. The number of aromatic amines is 2. The van der Waals surface area contributed by atoms with Crippen molar-refractivity contribution in [2.45, 2.75) is 25.3 Å². The Hall–Kier alpha value is -1.30. The van der Waals surface area contributed by atoms with Gasteiger partial charge in [0.25, 0.3) is 0 Å². The predicted octanol–water partition coefficient (Wildman–Crippen LogP) is -1.05. The lowest BCUT2D eigenvalue weighted by atomic mass is 9.96. The summed E-state index contributed by atoms with van der Waals surface area (Å²) in [5.74, 6) is 0.349. The maximum atomic E-state index is 11.4. The molecule has 0 aromatic carbocycles. The molecule has 1 aromatic heterocycles. The Balaban J connectivity index is 2.55. The number of hydrogen-bond acceptors (Lipinski definition) is 3. The molecule has 1 heterocycles. The molecular weight excluding hydrogens is 184 g/mol. The van der Waals surface area contributed by atoms with Crippen LogP contribution in [-0.4, -0.2) is 21.3 Å². The van der Waals surface area contributed by atoms with Crippen LogP contribution in [0.3, 0.4) is 0 Å². The Morgan fingerprint density at radius 3 is 2.29 bits per heavy atom. The Kier molecular flexibility index (Phi) is 1.88. The summed E-state index contributed by atoms with van der Waals surface area (Å²) in [6, 6.07) is 0. The molecule has 1 unspecified atom stereocenters. The number of rotatable bonds is 3. The third-order valence-corrected chi connectivity index (χ3v) is 3.06. The molecule has 6 nitrogen and oxygen atoms in total. The van der Waals surface area contributed by atoms with Crippen molar-refractivity contribution in [2.24, 2.45) is 11.7 Å². The van der Waals surface area contributed by atoms with Crippen molar-refractivity contribution in [1.82, 2.24) is 14.8 Å². The van der Waals surface area contributed by atoms with Crippen LogP contribution in [0.25, 0.3) is 0 Å². The molecule has 1 aliphatic rings. The summed E-state index contributed by atoms with van der Waals surface area (Å²) in [5, 5.41) is 4.55. The van der Waals surface area contributed by atoms with Gasteiger partial charge < -0.3 is 5.73 Å². The molecule has 1 saturated carbocycles. The highest BCUT2D eigenvalue weighted by atomic mass is 16.2. The summed E-state index contributed by atoms with van der Waals surface area (Å²) >= 11 is 0. The number of nitrogens with zero attached hydrogens (tertiary/aromatic N) is 1. The number of nitrogens with one attached hydrogen (secondary N) is 2. The smallest absolute Gasteiger partial charge is 0.328 e. The van der Waals surface area contributed by atoms with E-state index < -0.39 is 16.9 Å². The molecule has 1 aliphatic carbocycles. The van der Waals surface area contributed by atoms with Gasteiger partial charge in [0.05, 0.1) is 5.54 Å². The highest BCUT2D eigenvalue weighted by Crippen LogP contribution is 2.42. The lowest BCUT2D eigenvalue weighted by Gasteiger charge is -2.27. The first-order valence-corrected chi connectivity index (χ1v) is 4.70. The molecule has 1 aromatic rings. The van der Waals surface area contributed by atoms with Gasteiger partial charge in [-0.05, 0) is 25.7 Å². The van der Waals surface area contributed by atoms with Gasteiger partial charge in [0.15, 0.2) is 0 Å². The van der Waals surface area contributed by atoms with Crippen molar-refractivity contribution in [2.75, 3.05) is 6.54 Å². The van der Waals surface area contributed by atoms with Crippen LogP contribution in [0.1, 0.15) is 19.8 Å². The lowest BCUT2D eigenvalue weighted by molar-refractivity contribution is 0.266. The van der Waals surface area contributed by atoms with Crippen molar-refractivity contribution in [3.63, 3.8) is 0 Å². The average molecular weight is 198 g/mol. The SMILES string of the molecule is CC(CN)(C1CC1)n1c(=O)[nH][nH]c1=O. The first-order chi connectivity index (χ1) is 6.59. The van der Waals surface area contributed by atoms with E-state index in [0.29, 0.717) is 12.5 Å². The third-order valence-electron chi connectivity index (χ3n) is 3.06. The van der Waals surface area contributed by atoms with Crippen molar-refractivity contribution >= 4 is 0 Å². The van der Waals surface area contributed by atoms with E-state index in [1.54, 1.807) is 0 Å². The molecule has 2 rings (SSSR count). The van der Waals surface area contributed by atoms with Crippen LogP contribution < -0.4 is 17.1 Å². The van der Waals surface area contributed by atoms with E-state index >= 15 is 0 Å². The van der Waals surface area contributed by atoms with Gasteiger partial charge in [-0.25, -0.2) is 24.4 Å². The van der Waals surface area contributed by atoms with E-state index in [2.05, 4.69) is 10.2 Å². The van der Waals surface area contributed by atoms with Gasteiger partial charge >= 0.3 is 11.4 Å². The molecule has 78 valence electrons. The van der Waals surface area contributed by atoms with Gasteiger partial charge in [0, 0.05) is 6.54 Å². The molecule has 1 fully saturated rings. The van der Waals surface area contributed by atoms with Crippen molar-refractivity contribution < 1.29 is 0 Å². The first-order valence-electron chi connectivity index (χ1n) is 4.70. The average Bonchev–Trinajstić information content (AvgIpc) is 2.94. The second-order valence-corrected chi connectivity index (χ2v) is 4.03. The van der Waals surface area contributed by atoms with Crippen molar-refractivity contribution in [1.29, 1.82) is 0 Å². The second kappa shape index (κ2) is 2.84. The second-order valence-electron chi connectivity index (χ2n) is 4.03. The summed E-state index contributed by atoms with van der Waals surface area (Å²) < 4.78 is 1.20. The van der Waals surface area contributed by atoms with Gasteiger partial charge in [-0.2, -0.15) is 0 Å². The van der Waals surface area contributed by atoms with E-state index in [0.717, 1.165) is 12.8 Å². The Morgan fingerprint density at radius 1 is 1.43 bits per heavy atom. The Bertz CT molecular complexity index is 411. The topological polar surface area (TPSA) is 96.7 Å². The van der Waals surface area contributed by atoms with Crippen LogP contribution >= 0.6 is 0 Å². The largest absolute Gasteiger partial charge is 0.344 e. The quantitative estimate of drug-likeness (QED) is 0.578. The summed E-state index contributed by atoms with van der Waals surface area (Å²) in [6.07, 6.45) is 2.06. The monoisotopic (exact) mass is 198 g/mol. The summed E-state index contributed by atoms with van der Waals surface area (Å²) in [7, 11) is 0. The minimum absolute atomic E-state index is 0.304. The third kappa shape index (κ3) is 1.14. The molecule has 0 aliphatic heterocycles. The first kappa shape index (κ1) is 9.26. The zero-order valence-electron chi connectivity index (χ0n) is 8.04. The fourth-order valence-electron chi connectivity index (χ4n) is 1.92. The van der Waals surface area contributed by atoms with E-state index in [1.165, 1.54) is 4.57 Å².